The molecule has 0 saturated carbocycles. The number of likely N-dealkylation sites (tertiary alicyclic amines) is 4. The minimum atomic E-state index is -0.520. The highest BCUT2D eigenvalue weighted by Gasteiger charge is 2.25. The van der Waals surface area contributed by atoms with E-state index in [1.807, 2.05) is 59.9 Å². The van der Waals surface area contributed by atoms with Crippen LogP contribution in [0.3, 0.4) is 0 Å². The first-order chi connectivity index (χ1) is 28.7. The molecule has 13 nitrogen and oxygen atoms in total. The third kappa shape index (κ3) is 23.8. The van der Waals surface area contributed by atoms with Gasteiger partial charge in [0.15, 0.2) is 0 Å². The molecule has 6 rings (SSSR count). The SMILES string of the molecule is CC=CN1CCC(N2CCCC2)CC1.CC=CN1CCOCC1.CC=CNC(c1n[nH]c(=O)o1)C(C)C.CC=CNC1CCN(C)CC1.CC=CNCCN1CCCC1. The Bertz CT molecular complexity index is 1320. The van der Waals surface area contributed by atoms with Crippen molar-refractivity contribution in [2.75, 3.05) is 98.8 Å². The van der Waals surface area contributed by atoms with Crippen molar-refractivity contribution < 1.29 is 9.15 Å². The molecule has 5 aliphatic heterocycles. The van der Waals surface area contributed by atoms with Crippen molar-refractivity contribution >= 4 is 0 Å². The molecule has 1 unspecified atom stereocenters. The Balaban J connectivity index is 0.000000257. The molecule has 1 aromatic rings. The molecule has 1 atom stereocenters. The second-order valence-electron chi connectivity index (χ2n) is 16.2. The second kappa shape index (κ2) is 33.2. The molecule has 4 N–H and O–H groups in total. The van der Waals surface area contributed by atoms with E-state index < -0.39 is 5.76 Å². The topological polar surface area (TPSA) is 120 Å². The average Bonchev–Trinajstić information content (AvgIpc) is 4.07. The Morgan fingerprint density at radius 2 is 1.31 bits per heavy atom. The monoisotopic (exact) mass is 827 g/mol. The number of nitrogens with zero attached hydrogens (tertiary/aromatic N) is 6. The predicted octanol–water partition coefficient (Wildman–Crippen LogP) is 6.52. The fourth-order valence-electron chi connectivity index (χ4n) is 7.62. The minimum absolute atomic E-state index is 0.0786. The van der Waals surface area contributed by atoms with E-state index in [0.717, 1.165) is 38.9 Å². The number of allylic oxidation sites excluding steroid dienone is 5. The summed E-state index contributed by atoms with van der Waals surface area (Å²) in [6.07, 6.45) is 31.3. The minimum Gasteiger partial charge on any atom is -0.390 e. The van der Waals surface area contributed by atoms with Gasteiger partial charge in [-0.05, 0) is 169 Å². The third-order valence-electron chi connectivity index (χ3n) is 11.0. The van der Waals surface area contributed by atoms with Crippen molar-refractivity contribution in [1.82, 2.24) is 50.6 Å². The van der Waals surface area contributed by atoms with E-state index >= 15 is 0 Å². The van der Waals surface area contributed by atoms with Gasteiger partial charge in [0.05, 0.1) is 13.2 Å². The highest BCUT2D eigenvalue weighted by molar-refractivity contribution is 4.93. The Hall–Kier alpha value is -3.52. The highest BCUT2D eigenvalue weighted by atomic mass is 16.5. The van der Waals surface area contributed by atoms with Crippen LogP contribution < -0.4 is 21.7 Å². The number of hydrogen-bond donors (Lipinski definition) is 4. The first-order valence-electron chi connectivity index (χ1n) is 22.8. The number of H-pyrrole nitrogens is 1. The summed E-state index contributed by atoms with van der Waals surface area (Å²) in [5.74, 6) is 0.161. The van der Waals surface area contributed by atoms with Crippen LogP contribution in [0, 0.1) is 5.92 Å². The molecular formula is C46H86N10O3. The summed E-state index contributed by atoms with van der Waals surface area (Å²) in [6, 6.07) is 1.52. The molecule has 6 heterocycles. The maximum absolute atomic E-state index is 10.8. The number of aromatic nitrogens is 2. The van der Waals surface area contributed by atoms with Crippen molar-refractivity contribution in [3.05, 3.63) is 77.8 Å². The number of morpholine rings is 1. The van der Waals surface area contributed by atoms with Crippen LogP contribution >= 0.6 is 0 Å². The van der Waals surface area contributed by atoms with Crippen molar-refractivity contribution in [3.8, 4) is 0 Å². The van der Waals surface area contributed by atoms with Crippen LogP contribution in [-0.4, -0.2) is 146 Å². The number of hydrogen-bond acceptors (Lipinski definition) is 12. The number of aromatic amines is 1. The smallest absolute Gasteiger partial charge is 0.390 e. The normalized spacial score (nSPS) is 20.7. The van der Waals surface area contributed by atoms with E-state index in [9.17, 15) is 4.79 Å². The molecule has 338 valence electrons. The van der Waals surface area contributed by atoms with Crippen LogP contribution in [-0.2, 0) is 4.74 Å². The van der Waals surface area contributed by atoms with Gasteiger partial charge in [0.1, 0.15) is 6.04 Å². The van der Waals surface area contributed by atoms with E-state index in [4.69, 9.17) is 9.15 Å². The molecule has 0 bridgehead atoms. The maximum atomic E-state index is 10.8. The molecule has 5 saturated heterocycles. The van der Waals surface area contributed by atoms with Gasteiger partial charge < -0.3 is 49.6 Å². The zero-order valence-corrected chi connectivity index (χ0v) is 38.5. The van der Waals surface area contributed by atoms with Gasteiger partial charge in [-0.1, -0.05) is 44.2 Å². The summed E-state index contributed by atoms with van der Waals surface area (Å²) in [7, 11) is 2.19. The fourth-order valence-corrected chi connectivity index (χ4v) is 7.62. The molecule has 5 aliphatic rings. The largest absolute Gasteiger partial charge is 0.434 e. The number of ether oxygens (including phenoxy) is 1. The standard InChI is InChI=1S/C12H22N2.C9H15N3O2.2C9H18N2.C7H13NO/c1-2-7-13-10-5-12(6-11-13)14-8-3-4-9-14;1-4-5-10-7(6(2)3)8-11-12-9(13)14-8;1-3-6-10-9-4-7-11(2)8-5-9;1-2-5-10-6-9-11-7-3-4-8-11;1-2-3-8-4-6-9-7-5-8/h2,7,12H,3-6,8-11H2,1H3;4-7,10H,1-3H3,(H,12,13);3,6,9-10H,4-5,7-8H2,1-2H3;2,5,10H,3-4,6-9H2,1H3;2-3H,4-7H2,1H3. The predicted molar refractivity (Wildman–Crippen MR) is 247 cm³/mol. The lowest BCUT2D eigenvalue weighted by molar-refractivity contribution is 0.0593. The summed E-state index contributed by atoms with van der Waals surface area (Å²) in [5.41, 5.74) is 0. The van der Waals surface area contributed by atoms with Crippen LogP contribution in [0.4, 0.5) is 0 Å². The van der Waals surface area contributed by atoms with Gasteiger partial charge >= 0.3 is 5.76 Å². The van der Waals surface area contributed by atoms with Crippen molar-refractivity contribution in [2.24, 2.45) is 5.92 Å². The Labute approximate surface area is 359 Å². The molecule has 59 heavy (non-hydrogen) atoms. The summed E-state index contributed by atoms with van der Waals surface area (Å²) in [5, 5.41) is 15.8. The lowest BCUT2D eigenvalue weighted by atomic mass is 10.0. The summed E-state index contributed by atoms with van der Waals surface area (Å²) in [6.45, 7) is 30.6. The first kappa shape index (κ1) is 51.6. The summed E-state index contributed by atoms with van der Waals surface area (Å²) in [4.78, 5) is 23.1. The van der Waals surface area contributed by atoms with Crippen LogP contribution in [0.25, 0.3) is 0 Å². The number of nitrogens with one attached hydrogen (secondary N) is 4. The molecule has 0 aliphatic carbocycles. The van der Waals surface area contributed by atoms with Gasteiger partial charge in [-0.15, -0.1) is 5.10 Å². The van der Waals surface area contributed by atoms with E-state index in [0.29, 0.717) is 11.9 Å². The van der Waals surface area contributed by atoms with Crippen LogP contribution in [0.5, 0.6) is 0 Å². The zero-order chi connectivity index (χ0) is 42.9. The van der Waals surface area contributed by atoms with E-state index in [1.165, 1.54) is 110 Å². The van der Waals surface area contributed by atoms with E-state index in [-0.39, 0.29) is 12.0 Å². The molecule has 0 aromatic carbocycles. The zero-order valence-electron chi connectivity index (χ0n) is 38.5. The molecule has 13 heteroatoms. The Kier molecular flexibility index (Phi) is 29.1. The van der Waals surface area contributed by atoms with Crippen LogP contribution in [0.1, 0.15) is 112 Å². The van der Waals surface area contributed by atoms with Crippen molar-refractivity contribution in [2.45, 2.75) is 118 Å². The molecule has 1 aromatic heterocycles. The van der Waals surface area contributed by atoms with Gasteiger partial charge in [-0.25, -0.2) is 9.89 Å². The maximum Gasteiger partial charge on any atom is 0.434 e. The average molecular weight is 827 g/mol. The lowest BCUT2D eigenvalue weighted by Gasteiger charge is -2.36. The molecule has 0 spiro atoms. The fraction of sp³-hybridized carbons (Fsp3) is 0.739. The molecule has 5 fully saturated rings. The van der Waals surface area contributed by atoms with Gasteiger partial charge in [0.25, 0.3) is 0 Å². The molecule has 0 radical (unpaired) electrons. The van der Waals surface area contributed by atoms with Gasteiger partial charge in [-0.3, -0.25) is 0 Å². The van der Waals surface area contributed by atoms with E-state index in [1.54, 1.807) is 6.20 Å². The summed E-state index contributed by atoms with van der Waals surface area (Å²) >= 11 is 0. The quantitative estimate of drug-likeness (QED) is 0.162. The Morgan fingerprint density at radius 3 is 1.83 bits per heavy atom. The number of piperidine rings is 2. The number of rotatable bonds is 13. The van der Waals surface area contributed by atoms with Crippen LogP contribution in [0.15, 0.2) is 70.6 Å². The summed E-state index contributed by atoms with van der Waals surface area (Å²) < 4.78 is 10.1. The highest BCUT2D eigenvalue weighted by Crippen LogP contribution is 2.21. The molecule has 0 amide bonds. The third-order valence-corrected chi connectivity index (χ3v) is 11.0. The van der Waals surface area contributed by atoms with Crippen LogP contribution in [0.2, 0.25) is 0 Å². The molecular weight excluding hydrogens is 741 g/mol. The van der Waals surface area contributed by atoms with Gasteiger partial charge in [0, 0.05) is 51.4 Å². The van der Waals surface area contributed by atoms with Gasteiger partial charge in [-0.2, -0.15) is 0 Å². The van der Waals surface area contributed by atoms with Gasteiger partial charge in [0.2, 0.25) is 5.89 Å². The van der Waals surface area contributed by atoms with Crippen molar-refractivity contribution in [1.29, 1.82) is 0 Å². The second-order valence-corrected chi connectivity index (χ2v) is 16.2. The van der Waals surface area contributed by atoms with Crippen molar-refractivity contribution in [3.63, 3.8) is 0 Å². The Morgan fingerprint density at radius 1 is 0.729 bits per heavy atom. The first-order valence-corrected chi connectivity index (χ1v) is 22.8. The van der Waals surface area contributed by atoms with E-state index in [2.05, 4.69) is 101 Å². The lowest BCUT2D eigenvalue weighted by Crippen LogP contribution is -2.41.